The van der Waals surface area contributed by atoms with E-state index in [1.54, 1.807) is 0 Å². The van der Waals surface area contributed by atoms with E-state index in [4.69, 9.17) is 0 Å². The second-order valence-electron chi connectivity index (χ2n) is 8.03. The highest BCUT2D eigenvalue weighted by Gasteiger charge is 2.45. The summed E-state index contributed by atoms with van der Waals surface area (Å²) in [5, 5.41) is 3.27. The van der Waals surface area contributed by atoms with Crippen LogP contribution in [0.2, 0.25) is 0 Å². The number of carbonyl (C=O) groups excluding carboxylic acids is 1. The van der Waals surface area contributed by atoms with Crippen molar-refractivity contribution in [2.45, 2.75) is 83.2 Å². The minimum Gasteiger partial charge on any atom is -0.354 e. The van der Waals surface area contributed by atoms with Gasteiger partial charge in [-0.1, -0.05) is 33.1 Å². The first-order chi connectivity index (χ1) is 12.1. The van der Waals surface area contributed by atoms with Crippen LogP contribution in [0.4, 0.5) is 0 Å². The number of imidazole rings is 1. The first-order valence-corrected chi connectivity index (χ1v) is 10.2. The molecule has 1 aromatic heterocycles. The van der Waals surface area contributed by atoms with Crippen LogP contribution in [0.3, 0.4) is 0 Å². The number of rotatable bonds is 7. The zero-order valence-corrected chi connectivity index (χ0v) is 16.0. The molecule has 2 fully saturated rings. The maximum absolute atomic E-state index is 13.1. The third-order valence-electron chi connectivity index (χ3n) is 5.94. The van der Waals surface area contributed by atoms with Crippen molar-refractivity contribution in [2.75, 3.05) is 19.6 Å². The van der Waals surface area contributed by atoms with Gasteiger partial charge in [-0.3, -0.25) is 9.69 Å². The topological polar surface area (TPSA) is 50.2 Å². The number of amides is 1. The Morgan fingerprint density at radius 1 is 1.20 bits per heavy atom. The van der Waals surface area contributed by atoms with Gasteiger partial charge in [0, 0.05) is 31.4 Å². The molecule has 140 valence electrons. The average Bonchev–Trinajstić information content (AvgIpc) is 3.30. The quantitative estimate of drug-likeness (QED) is 0.771. The summed E-state index contributed by atoms with van der Waals surface area (Å²) in [5.74, 6) is 1.85. The molecule has 5 nitrogen and oxygen atoms in total. The van der Waals surface area contributed by atoms with Crippen molar-refractivity contribution in [3.8, 4) is 0 Å². The van der Waals surface area contributed by atoms with Gasteiger partial charge >= 0.3 is 0 Å². The molecule has 1 saturated heterocycles. The van der Waals surface area contributed by atoms with E-state index < -0.39 is 0 Å². The lowest BCUT2D eigenvalue weighted by atomic mass is 9.79. The molecule has 1 amide bonds. The molecule has 3 rings (SSSR count). The molecular weight excluding hydrogens is 312 g/mol. The molecule has 1 aliphatic heterocycles. The fourth-order valence-electron chi connectivity index (χ4n) is 4.60. The maximum atomic E-state index is 13.1. The van der Waals surface area contributed by atoms with Gasteiger partial charge in [0.15, 0.2) is 0 Å². The average molecular weight is 347 g/mol. The number of hydrogen-bond acceptors (Lipinski definition) is 3. The second kappa shape index (κ2) is 8.35. The second-order valence-corrected chi connectivity index (χ2v) is 8.03. The zero-order chi connectivity index (χ0) is 17.7. The predicted molar refractivity (Wildman–Crippen MR) is 101 cm³/mol. The molecule has 2 aliphatic rings. The number of aromatic nitrogens is 2. The SMILES string of the molecule is CC(C)c1nccn1CCCNC(=O)C1(N2CCCC2)CCCCC1. The smallest absolute Gasteiger partial charge is 0.240 e. The number of hydrogen-bond donors (Lipinski definition) is 1. The van der Waals surface area contributed by atoms with Crippen LogP contribution in [0.25, 0.3) is 0 Å². The van der Waals surface area contributed by atoms with E-state index >= 15 is 0 Å². The molecule has 0 unspecified atom stereocenters. The maximum Gasteiger partial charge on any atom is 0.240 e. The van der Waals surface area contributed by atoms with Gasteiger partial charge in [-0.05, 0) is 45.2 Å². The molecule has 0 aromatic carbocycles. The zero-order valence-electron chi connectivity index (χ0n) is 16.0. The van der Waals surface area contributed by atoms with Gasteiger partial charge in [0.1, 0.15) is 11.4 Å². The van der Waals surface area contributed by atoms with Crippen molar-refractivity contribution < 1.29 is 4.79 Å². The summed E-state index contributed by atoms with van der Waals surface area (Å²) < 4.78 is 2.22. The number of nitrogens with zero attached hydrogens (tertiary/aromatic N) is 3. The van der Waals surface area contributed by atoms with Crippen LogP contribution in [-0.2, 0) is 11.3 Å². The van der Waals surface area contributed by atoms with Gasteiger partial charge in [-0.15, -0.1) is 0 Å². The first kappa shape index (κ1) is 18.4. The first-order valence-electron chi connectivity index (χ1n) is 10.2. The molecule has 1 aromatic rings. The summed E-state index contributed by atoms with van der Waals surface area (Å²) in [5.41, 5.74) is -0.215. The van der Waals surface area contributed by atoms with Crippen molar-refractivity contribution in [3.63, 3.8) is 0 Å². The van der Waals surface area contributed by atoms with E-state index in [1.807, 2.05) is 12.4 Å². The Kier molecular flexibility index (Phi) is 6.15. The summed E-state index contributed by atoms with van der Waals surface area (Å²) in [4.78, 5) is 20.0. The lowest BCUT2D eigenvalue weighted by molar-refractivity contribution is -0.135. The molecular formula is C20H34N4O. The van der Waals surface area contributed by atoms with E-state index in [-0.39, 0.29) is 11.4 Å². The highest BCUT2D eigenvalue weighted by Crippen LogP contribution is 2.36. The number of nitrogens with one attached hydrogen (secondary N) is 1. The summed E-state index contributed by atoms with van der Waals surface area (Å²) >= 11 is 0. The van der Waals surface area contributed by atoms with Crippen LogP contribution in [0.15, 0.2) is 12.4 Å². The van der Waals surface area contributed by atoms with E-state index in [9.17, 15) is 4.79 Å². The van der Waals surface area contributed by atoms with Crippen molar-refractivity contribution in [1.82, 2.24) is 19.8 Å². The van der Waals surface area contributed by atoms with Crippen LogP contribution in [-0.4, -0.2) is 45.5 Å². The Labute approximate surface area is 152 Å². The summed E-state index contributed by atoms with van der Waals surface area (Å²) in [7, 11) is 0. The monoisotopic (exact) mass is 346 g/mol. The van der Waals surface area contributed by atoms with Gasteiger partial charge < -0.3 is 9.88 Å². The summed E-state index contributed by atoms with van der Waals surface area (Å²) in [6.07, 6.45) is 13.1. The standard InChI is InChI=1S/C20H34N4O/c1-17(2)18-21-12-16-23(18)13-8-11-22-19(25)20(9-4-3-5-10-20)24-14-6-7-15-24/h12,16-17H,3-11,13-15H2,1-2H3,(H,22,25). The predicted octanol–water partition coefficient (Wildman–Crippen LogP) is 3.31. The molecule has 0 bridgehead atoms. The van der Waals surface area contributed by atoms with Crippen LogP contribution >= 0.6 is 0 Å². The Balaban J connectivity index is 1.52. The van der Waals surface area contributed by atoms with E-state index in [2.05, 4.69) is 33.6 Å². The highest BCUT2D eigenvalue weighted by atomic mass is 16.2. The minimum atomic E-state index is -0.215. The molecule has 0 atom stereocenters. The van der Waals surface area contributed by atoms with Crippen LogP contribution in [0.1, 0.15) is 77.0 Å². The van der Waals surface area contributed by atoms with Crippen LogP contribution in [0.5, 0.6) is 0 Å². The number of carbonyl (C=O) groups is 1. The third kappa shape index (κ3) is 4.08. The van der Waals surface area contributed by atoms with Crippen LogP contribution in [0, 0.1) is 0 Å². The van der Waals surface area contributed by atoms with Gasteiger partial charge in [-0.2, -0.15) is 0 Å². The molecule has 0 spiro atoms. The van der Waals surface area contributed by atoms with E-state index in [1.165, 1.54) is 32.1 Å². The third-order valence-corrected chi connectivity index (χ3v) is 5.94. The van der Waals surface area contributed by atoms with Crippen molar-refractivity contribution >= 4 is 5.91 Å². The Morgan fingerprint density at radius 3 is 2.60 bits per heavy atom. The molecule has 1 N–H and O–H groups in total. The lowest BCUT2D eigenvalue weighted by Crippen LogP contribution is -2.59. The summed E-state index contributed by atoms with van der Waals surface area (Å²) in [6.45, 7) is 8.21. The number of likely N-dealkylation sites (tertiary alicyclic amines) is 1. The Bertz CT molecular complexity index is 554. The van der Waals surface area contributed by atoms with Crippen molar-refractivity contribution in [1.29, 1.82) is 0 Å². The summed E-state index contributed by atoms with van der Waals surface area (Å²) in [6, 6.07) is 0. The van der Waals surface area contributed by atoms with Gasteiger partial charge in [0.25, 0.3) is 0 Å². The normalized spacial score (nSPS) is 20.9. The van der Waals surface area contributed by atoms with Crippen molar-refractivity contribution in [2.24, 2.45) is 0 Å². The Hall–Kier alpha value is -1.36. The van der Waals surface area contributed by atoms with Crippen LogP contribution < -0.4 is 5.32 Å². The molecule has 1 aliphatic carbocycles. The molecule has 2 heterocycles. The minimum absolute atomic E-state index is 0.215. The fourth-order valence-corrected chi connectivity index (χ4v) is 4.60. The van der Waals surface area contributed by atoms with Gasteiger partial charge in [0.05, 0.1) is 0 Å². The molecule has 25 heavy (non-hydrogen) atoms. The molecule has 5 heteroatoms. The molecule has 0 radical (unpaired) electrons. The van der Waals surface area contributed by atoms with E-state index in [0.717, 1.165) is 51.3 Å². The largest absolute Gasteiger partial charge is 0.354 e. The number of aryl methyl sites for hydroxylation is 1. The molecule has 1 saturated carbocycles. The van der Waals surface area contributed by atoms with Gasteiger partial charge in [-0.25, -0.2) is 4.98 Å². The highest BCUT2D eigenvalue weighted by molar-refractivity contribution is 5.86. The lowest BCUT2D eigenvalue weighted by Gasteiger charge is -2.43. The Morgan fingerprint density at radius 2 is 1.92 bits per heavy atom. The van der Waals surface area contributed by atoms with Gasteiger partial charge in [0.2, 0.25) is 5.91 Å². The van der Waals surface area contributed by atoms with Crippen molar-refractivity contribution in [3.05, 3.63) is 18.2 Å². The van der Waals surface area contributed by atoms with E-state index in [0.29, 0.717) is 5.92 Å². The fraction of sp³-hybridized carbons (Fsp3) is 0.800.